The van der Waals surface area contributed by atoms with E-state index >= 15 is 0 Å². The number of rotatable bonds is 1. The van der Waals surface area contributed by atoms with Gasteiger partial charge in [-0.3, -0.25) is 4.18 Å². The van der Waals surface area contributed by atoms with E-state index in [9.17, 15) is 8.42 Å². The van der Waals surface area contributed by atoms with Crippen LogP contribution in [0.2, 0.25) is 0 Å². The molecule has 3 nitrogen and oxygen atoms in total. The first-order chi connectivity index (χ1) is 4.56. The molecule has 0 bridgehead atoms. The molecule has 2 atom stereocenters. The first-order valence-corrected chi connectivity index (χ1v) is 4.95. The molecule has 4 heteroatoms. The van der Waals surface area contributed by atoms with Gasteiger partial charge in [-0.15, -0.1) is 0 Å². The van der Waals surface area contributed by atoms with Crippen LogP contribution in [-0.4, -0.2) is 19.8 Å². The molecule has 0 N–H and O–H groups in total. The molecule has 1 aliphatic rings. The van der Waals surface area contributed by atoms with E-state index in [0.717, 1.165) is 6.42 Å². The Labute approximate surface area is 61.5 Å². The predicted octanol–water partition coefficient (Wildman–Crippen LogP) is 0.904. The molecule has 60 valence electrons. The summed E-state index contributed by atoms with van der Waals surface area (Å²) < 4.78 is 26.6. The minimum absolute atomic E-state index is 0.0694. The van der Waals surface area contributed by atoms with Crippen molar-refractivity contribution in [2.24, 2.45) is 0 Å². The molecule has 0 spiro atoms. The summed E-state index contributed by atoms with van der Waals surface area (Å²) >= 11 is 0. The van der Waals surface area contributed by atoms with E-state index in [-0.39, 0.29) is 11.4 Å². The minimum Gasteiger partial charge on any atom is -0.267 e. The van der Waals surface area contributed by atoms with Gasteiger partial charge in [0.2, 0.25) is 0 Å². The molecule has 0 aliphatic carbocycles. The Balaban J connectivity index is 2.71. The molecule has 0 saturated carbocycles. The first-order valence-electron chi connectivity index (χ1n) is 3.48. The van der Waals surface area contributed by atoms with Crippen LogP contribution in [0.1, 0.15) is 26.7 Å². The van der Waals surface area contributed by atoms with Crippen LogP contribution < -0.4 is 0 Å². The normalized spacial score (nSPS) is 38.2. The van der Waals surface area contributed by atoms with Crippen molar-refractivity contribution in [1.82, 2.24) is 0 Å². The molecule has 0 radical (unpaired) electrons. The number of hydrogen-bond acceptors (Lipinski definition) is 3. The maximum Gasteiger partial charge on any atom is 0.270 e. The zero-order valence-corrected chi connectivity index (χ0v) is 7.02. The van der Waals surface area contributed by atoms with Crippen LogP contribution in [0.25, 0.3) is 0 Å². The van der Waals surface area contributed by atoms with Crippen molar-refractivity contribution in [3.8, 4) is 0 Å². The summed E-state index contributed by atoms with van der Waals surface area (Å²) in [6.07, 6.45) is 1.36. The third kappa shape index (κ3) is 1.32. The van der Waals surface area contributed by atoms with E-state index in [1.165, 1.54) is 0 Å². The van der Waals surface area contributed by atoms with Crippen molar-refractivity contribution in [1.29, 1.82) is 0 Å². The average Bonchev–Trinajstić information content (AvgIpc) is 2.08. The lowest BCUT2D eigenvalue weighted by molar-refractivity contribution is 0.231. The fourth-order valence-corrected chi connectivity index (χ4v) is 2.28. The van der Waals surface area contributed by atoms with Crippen molar-refractivity contribution < 1.29 is 12.6 Å². The molecule has 0 amide bonds. The molecule has 1 fully saturated rings. The van der Waals surface area contributed by atoms with Crippen LogP contribution in [0.4, 0.5) is 0 Å². The van der Waals surface area contributed by atoms with E-state index in [4.69, 9.17) is 4.18 Å². The summed E-state index contributed by atoms with van der Waals surface area (Å²) in [6, 6.07) is 0. The molecule has 0 aromatic carbocycles. The second-order valence-corrected chi connectivity index (χ2v) is 4.65. The zero-order chi connectivity index (χ0) is 7.78. The van der Waals surface area contributed by atoms with E-state index in [1.807, 2.05) is 6.92 Å². The monoisotopic (exact) mass is 164 g/mol. The van der Waals surface area contributed by atoms with Crippen LogP contribution in [0, 0.1) is 0 Å². The highest BCUT2D eigenvalue weighted by atomic mass is 32.2. The van der Waals surface area contributed by atoms with Crippen molar-refractivity contribution in [3.05, 3.63) is 0 Å². The van der Waals surface area contributed by atoms with Gasteiger partial charge in [-0.25, -0.2) is 0 Å². The Bertz CT molecular complexity index is 207. The maximum atomic E-state index is 10.9. The Kier molecular flexibility index (Phi) is 2.01. The molecule has 0 aromatic heterocycles. The summed E-state index contributed by atoms with van der Waals surface area (Å²) in [4.78, 5) is 0. The largest absolute Gasteiger partial charge is 0.270 e. The molecular formula is C6H12O3S. The van der Waals surface area contributed by atoms with Gasteiger partial charge in [-0.05, 0) is 19.8 Å². The minimum atomic E-state index is -3.19. The van der Waals surface area contributed by atoms with Crippen molar-refractivity contribution in [2.75, 3.05) is 0 Å². The van der Waals surface area contributed by atoms with Gasteiger partial charge in [0, 0.05) is 0 Å². The van der Waals surface area contributed by atoms with Gasteiger partial charge in [0.1, 0.15) is 0 Å². The van der Waals surface area contributed by atoms with Gasteiger partial charge < -0.3 is 0 Å². The van der Waals surface area contributed by atoms with Crippen molar-refractivity contribution >= 4 is 10.1 Å². The Morgan fingerprint density at radius 3 is 2.40 bits per heavy atom. The van der Waals surface area contributed by atoms with E-state index in [0.29, 0.717) is 6.42 Å². The van der Waals surface area contributed by atoms with Gasteiger partial charge in [0.05, 0.1) is 11.4 Å². The van der Waals surface area contributed by atoms with Gasteiger partial charge in [0.15, 0.2) is 0 Å². The molecule has 2 unspecified atom stereocenters. The fraction of sp³-hybridized carbons (Fsp3) is 1.00. The SMILES string of the molecule is CCC1CC(C)S(=O)(=O)O1. The van der Waals surface area contributed by atoms with Gasteiger partial charge in [0.25, 0.3) is 10.1 Å². The molecule has 1 rings (SSSR count). The number of hydrogen-bond donors (Lipinski definition) is 0. The van der Waals surface area contributed by atoms with Crippen LogP contribution >= 0.6 is 0 Å². The van der Waals surface area contributed by atoms with Gasteiger partial charge >= 0.3 is 0 Å². The summed E-state index contributed by atoms with van der Waals surface area (Å²) in [6.45, 7) is 3.61. The Morgan fingerprint density at radius 2 is 2.20 bits per heavy atom. The zero-order valence-electron chi connectivity index (χ0n) is 6.20. The Morgan fingerprint density at radius 1 is 1.60 bits per heavy atom. The second kappa shape index (κ2) is 2.51. The Hall–Kier alpha value is -0.0900. The van der Waals surface area contributed by atoms with E-state index in [1.54, 1.807) is 6.92 Å². The third-order valence-corrected chi connectivity index (χ3v) is 3.53. The standard InChI is InChI=1S/C6H12O3S/c1-3-6-4-5(2)10(7,8)9-6/h5-6H,3-4H2,1-2H3. The summed E-state index contributed by atoms with van der Waals surface area (Å²) in [5.41, 5.74) is 0. The second-order valence-electron chi connectivity index (χ2n) is 2.67. The average molecular weight is 164 g/mol. The summed E-state index contributed by atoms with van der Waals surface area (Å²) in [5.74, 6) is 0. The van der Waals surface area contributed by atoms with Crippen LogP contribution in [0.3, 0.4) is 0 Å². The molecule has 1 aliphatic heterocycles. The molecule has 1 saturated heterocycles. The smallest absolute Gasteiger partial charge is 0.267 e. The first kappa shape index (κ1) is 8.01. The lowest BCUT2D eigenvalue weighted by atomic mass is 10.2. The fourth-order valence-electron chi connectivity index (χ4n) is 1.05. The van der Waals surface area contributed by atoms with Crippen LogP contribution in [0.5, 0.6) is 0 Å². The molecular weight excluding hydrogens is 152 g/mol. The quantitative estimate of drug-likeness (QED) is 0.541. The summed E-state index contributed by atoms with van der Waals surface area (Å²) in [7, 11) is -3.19. The topological polar surface area (TPSA) is 43.4 Å². The lowest BCUT2D eigenvalue weighted by Crippen LogP contribution is -2.09. The van der Waals surface area contributed by atoms with E-state index < -0.39 is 10.1 Å². The highest BCUT2D eigenvalue weighted by Gasteiger charge is 2.34. The molecule has 10 heavy (non-hydrogen) atoms. The van der Waals surface area contributed by atoms with Gasteiger partial charge in [-0.1, -0.05) is 6.92 Å². The highest BCUT2D eigenvalue weighted by Crippen LogP contribution is 2.24. The van der Waals surface area contributed by atoms with Crippen molar-refractivity contribution in [3.63, 3.8) is 0 Å². The third-order valence-electron chi connectivity index (χ3n) is 1.81. The maximum absolute atomic E-state index is 10.9. The molecule has 0 aromatic rings. The van der Waals surface area contributed by atoms with E-state index in [2.05, 4.69) is 0 Å². The lowest BCUT2D eigenvalue weighted by Gasteiger charge is -1.99. The highest BCUT2D eigenvalue weighted by molar-refractivity contribution is 7.87. The summed E-state index contributed by atoms with van der Waals surface area (Å²) in [5, 5.41) is -0.308. The van der Waals surface area contributed by atoms with Crippen LogP contribution in [-0.2, 0) is 14.3 Å². The predicted molar refractivity (Wildman–Crippen MR) is 38.2 cm³/mol. The van der Waals surface area contributed by atoms with Crippen LogP contribution in [0.15, 0.2) is 0 Å². The van der Waals surface area contributed by atoms with Gasteiger partial charge in [-0.2, -0.15) is 8.42 Å². The molecule has 1 heterocycles. The van der Waals surface area contributed by atoms with Crippen molar-refractivity contribution in [2.45, 2.75) is 38.0 Å².